The molecule has 0 fully saturated rings. The molecule has 0 aromatic heterocycles. The fourth-order valence-corrected chi connectivity index (χ4v) is 1.73. The van der Waals surface area contributed by atoms with Crippen molar-refractivity contribution in [1.82, 2.24) is 0 Å². The molecule has 0 atom stereocenters. The number of para-hydroxylation sites is 1. The first-order chi connectivity index (χ1) is 9.29. The van der Waals surface area contributed by atoms with Gasteiger partial charge in [0.1, 0.15) is 11.1 Å². The molecule has 0 spiro atoms. The zero-order valence-corrected chi connectivity index (χ0v) is 11.8. The summed E-state index contributed by atoms with van der Waals surface area (Å²) in [5.41, 5.74) is 1.98. The molecule has 0 bridgehead atoms. The lowest BCUT2D eigenvalue weighted by atomic mass is 10.1. The van der Waals surface area contributed by atoms with Crippen molar-refractivity contribution in [2.45, 2.75) is 0 Å². The van der Waals surface area contributed by atoms with Crippen molar-refractivity contribution in [2.24, 2.45) is 0 Å². The van der Waals surface area contributed by atoms with Crippen LogP contribution in [0.2, 0.25) is 0 Å². The summed E-state index contributed by atoms with van der Waals surface area (Å²) >= 11 is 3.08. The monoisotopic (exact) mass is 316 g/mol. The Morgan fingerprint density at radius 1 is 1.00 bits per heavy atom. The molecule has 0 aliphatic carbocycles. The number of alkyl halides is 1. The summed E-state index contributed by atoms with van der Waals surface area (Å²) in [6.45, 7) is 0. The van der Waals surface area contributed by atoms with Gasteiger partial charge in [-0.3, -0.25) is 4.79 Å². The second-order valence-electron chi connectivity index (χ2n) is 3.89. The molecule has 3 heteroatoms. The van der Waals surface area contributed by atoms with Crippen LogP contribution in [0.1, 0.15) is 11.1 Å². The Kier molecular flexibility index (Phi) is 4.93. The van der Waals surface area contributed by atoms with Crippen molar-refractivity contribution < 1.29 is 9.53 Å². The Labute approximate surface area is 120 Å². The molecule has 0 saturated heterocycles. The van der Waals surface area contributed by atoms with Crippen molar-refractivity contribution in [1.29, 1.82) is 0 Å². The molecule has 0 aliphatic rings. The molecule has 0 radical (unpaired) electrons. The summed E-state index contributed by atoms with van der Waals surface area (Å²) in [6.07, 6.45) is 3.92. The molecule has 0 amide bonds. The summed E-state index contributed by atoms with van der Waals surface area (Å²) in [4.78, 5) is 11.3. The van der Waals surface area contributed by atoms with Gasteiger partial charge in [-0.25, -0.2) is 0 Å². The molecule has 0 unspecified atom stereocenters. The number of carbonyl (C=O) groups is 1. The van der Waals surface area contributed by atoms with Crippen LogP contribution in [0.3, 0.4) is 0 Å². The van der Waals surface area contributed by atoms with Gasteiger partial charge in [-0.1, -0.05) is 76.6 Å². The number of rotatable bonds is 4. The maximum Gasteiger partial charge on any atom is 0.321 e. The molecule has 2 nitrogen and oxygen atoms in total. The van der Waals surface area contributed by atoms with Gasteiger partial charge in [0.2, 0.25) is 0 Å². The fraction of sp³-hybridized carbons (Fsp3) is 0.0625. The predicted molar refractivity (Wildman–Crippen MR) is 81.2 cm³/mol. The Morgan fingerprint density at radius 3 is 2.42 bits per heavy atom. The lowest BCUT2D eigenvalue weighted by molar-refractivity contribution is -0.131. The molecule has 2 aromatic rings. The molecule has 0 heterocycles. The molecule has 19 heavy (non-hydrogen) atoms. The quantitative estimate of drug-likeness (QED) is 0.366. The van der Waals surface area contributed by atoms with Crippen LogP contribution < -0.4 is 4.74 Å². The Balaban J connectivity index is 2.20. The van der Waals surface area contributed by atoms with E-state index in [1.807, 2.05) is 60.7 Å². The molecular weight excluding hydrogens is 304 g/mol. The minimum atomic E-state index is -0.305. The van der Waals surface area contributed by atoms with Crippen molar-refractivity contribution in [2.75, 3.05) is 5.33 Å². The van der Waals surface area contributed by atoms with E-state index in [0.29, 0.717) is 5.75 Å². The van der Waals surface area contributed by atoms with E-state index in [4.69, 9.17) is 4.74 Å². The van der Waals surface area contributed by atoms with Crippen LogP contribution in [0.15, 0.2) is 54.6 Å². The third kappa shape index (κ3) is 4.07. The van der Waals surface area contributed by atoms with Crippen LogP contribution >= 0.6 is 15.9 Å². The Hall–Kier alpha value is -1.87. The summed E-state index contributed by atoms with van der Waals surface area (Å²) in [6, 6.07) is 17.4. The number of carbonyl (C=O) groups excluding carboxylic acids is 1. The molecule has 0 aliphatic heterocycles. The lowest BCUT2D eigenvalue weighted by Crippen LogP contribution is -2.09. The second-order valence-corrected chi connectivity index (χ2v) is 4.45. The third-order valence-corrected chi connectivity index (χ3v) is 2.96. The van der Waals surface area contributed by atoms with Crippen molar-refractivity contribution in [3.8, 4) is 5.75 Å². The fourth-order valence-electron chi connectivity index (χ4n) is 1.61. The minimum Gasteiger partial charge on any atom is -0.425 e. The molecular formula is C16H13BrO2. The van der Waals surface area contributed by atoms with E-state index in [-0.39, 0.29) is 11.3 Å². The normalized spacial score (nSPS) is 10.6. The topological polar surface area (TPSA) is 26.3 Å². The molecule has 2 rings (SSSR count). The molecule has 2 aromatic carbocycles. The van der Waals surface area contributed by atoms with Crippen LogP contribution in [0.25, 0.3) is 12.2 Å². The first-order valence-electron chi connectivity index (χ1n) is 5.88. The average molecular weight is 317 g/mol. The SMILES string of the molecule is O=C(CBr)Oc1ccccc1C=Cc1ccccc1. The largest absolute Gasteiger partial charge is 0.425 e. The summed E-state index contributed by atoms with van der Waals surface area (Å²) in [5, 5.41) is 0.184. The van der Waals surface area contributed by atoms with Crippen LogP contribution in [0, 0.1) is 0 Å². The van der Waals surface area contributed by atoms with E-state index >= 15 is 0 Å². The van der Waals surface area contributed by atoms with E-state index in [9.17, 15) is 4.79 Å². The third-order valence-electron chi connectivity index (χ3n) is 2.51. The smallest absolute Gasteiger partial charge is 0.321 e. The van der Waals surface area contributed by atoms with Crippen molar-refractivity contribution >= 4 is 34.1 Å². The first kappa shape index (κ1) is 13.6. The van der Waals surface area contributed by atoms with E-state index in [0.717, 1.165) is 11.1 Å². The zero-order chi connectivity index (χ0) is 13.5. The van der Waals surface area contributed by atoms with Crippen LogP contribution in [0.5, 0.6) is 5.75 Å². The van der Waals surface area contributed by atoms with E-state index in [1.165, 1.54) is 0 Å². The Bertz CT molecular complexity index is 576. The standard InChI is InChI=1S/C16H13BrO2/c17-12-16(18)19-15-9-5-4-8-14(15)11-10-13-6-2-1-3-7-13/h1-11H,12H2. The van der Waals surface area contributed by atoms with Gasteiger partial charge >= 0.3 is 5.97 Å². The van der Waals surface area contributed by atoms with Gasteiger partial charge in [0, 0.05) is 5.56 Å². The van der Waals surface area contributed by atoms with Crippen LogP contribution in [-0.4, -0.2) is 11.3 Å². The van der Waals surface area contributed by atoms with E-state index in [2.05, 4.69) is 15.9 Å². The van der Waals surface area contributed by atoms with Gasteiger partial charge in [0.05, 0.1) is 0 Å². The number of halogens is 1. The minimum absolute atomic E-state index is 0.184. The van der Waals surface area contributed by atoms with Gasteiger partial charge in [0.15, 0.2) is 0 Å². The molecule has 96 valence electrons. The predicted octanol–water partition coefficient (Wildman–Crippen LogP) is 4.16. The molecule has 0 N–H and O–H groups in total. The number of ether oxygens (including phenoxy) is 1. The van der Waals surface area contributed by atoms with Gasteiger partial charge in [-0.05, 0) is 11.6 Å². The number of esters is 1. The van der Waals surface area contributed by atoms with Crippen molar-refractivity contribution in [3.63, 3.8) is 0 Å². The summed E-state index contributed by atoms with van der Waals surface area (Å²) in [7, 11) is 0. The first-order valence-corrected chi connectivity index (χ1v) is 7.00. The Morgan fingerprint density at radius 2 is 1.68 bits per heavy atom. The van der Waals surface area contributed by atoms with E-state index in [1.54, 1.807) is 6.07 Å². The van der Waals surface area contributed by atoms with Crippen LogP contribution in [-0.2, 0) is 4.79 Å². The highest BCUT2D eigenvalue weighted by molar-refractivity contribution is 9.09. The summed E-state index contributed by atoms with van der Waals surface area (Å²) in [5.74, 6) is 0.264. The maximum absolute atomic E-state index is 11.3. The molecule has 0 saturated carbocycles. The van der Waals surface area contributed by atoms with Crippen molar-refractivity contribution in [3.05, 3.63) is 65.7 Å². The van der Waals surface area contributed by atoms with Crippen LogP contribution in [0.4, 0.5) is 0 Å². The second kappa shape index (κ2) is 6.90. The average Bonchev–Trinajstić information content (AvgIpc) is 2.47. The highest BCUT2D eigenvalue weighted by atomic mass is 79.9. The van der Waals surface area contributed by atoms with Gasteiger partial charge < -0.3 is 4.74 Å². The number of hydrogen-bond acceptors (Lipinski definition) is 2. The highest BCUT2D eigenvalue weighted by Crippen LogP contribution is 2.21. The van der Waals surface area contributed by atoms with Gasteiger partial charge in [-0.15, -0.1) is 0 Å². The zero-order valence-electron chi connectivity index (χ0n) is 10.3. The van der Waals surface area contributed by atoms with E-state index < -0.39 is 0 Å². The van der Waals surface area contributed by atoms with Gasteiger partial charge in [-0.2, -0.15) is 0 Å². The summed E-state index contributed by atoms with van der Waals surface area (Å²) < 4.78 is 5.25. The van der Waals surface area contributed by atoms with Gasteiger partial charge in [0.25, 0.3) is 0 Å². The lowest BCUT2D eigenvalue weighted by Gasteiger charge is -2.05. The maximum atomic E-state index is 11.3. The number of benzene rings is 2. The number of hydrogen-bond donors (Lipinski definition) is 0. The highest BCUT2D eigenvalue weighted by Gasteiger charge is 2.05.